The average Bonchev–Trinajstić information content (AvgIpc) is 2.01. The summed E-state index contributed by atoms with van der Waals surface area (Å²) in [6.07, 6.45) is 3.62. The molecular formula is C10H23NO. The average molecular weight is 173 g/mol. The largest absolute Gasteiger partial charge is 0.380 e. The Hall–Kier alpha value is -0.0800. The highest BCUT2D eigenvalue weighted by Crippen LogP contribution is 2.11. The Labute approximate surface area is 76.5 Å². The van der Waals surface area contributed by atoms with Crippen LogP contribution in [0.3, 0.4) is 0 Å². The van der Waals surface area contributed by atoms with Gasteiger partial charge in [-0.15, -0.1) is 0 Å². The van der Waals surface area contributed by atoms with Gasteiger partial charge in [0, 0.05) is 12.6 Å². The molecule has 0 aromatic rings. The van der Waals surface area contributed by atoms with Crippen LogP contribution in [0.2, 0.25) is 0 Å². The smallest absolute Gasteiger partial charge is 0.0617 e. The van der Waals surface area contributed by atoms with E-state index in [-0.39, 0.29) is 6.04 Å². The summed E-state index contributed by atoms with van der Waals surface area (Å²) in [4.78, 5) is 0. The van der Waals surface area contributed by atoms with E-state index in [9.17, 15) is 0 Å². The van der Waals surface area contributed by atoms with Gasteiger partial charge in [-0.05, 0) is 19.3 Å². The Morgan fingerprint density at radius 3 is 2.50 bits per heavy atom. The molecule has 0 bridgehead atoms. The molecule has 0 spiro atoms. The normalized spacial score (nSPS) is 16.0. The van der Waals surface area contributed by atoms with Gasteiger partial charge < -0.3 is 10.5 Å². The Morgan fingerprint density at radius 2 is 2.00 bits per heavy atom. The molecular weight excluding hydrogens is 150 g/mol. The lowest BCUT2D eigenvalue weighted by molar-refractivity contribution is 0.126. The molecule has 2 unspecified atom stereocenters. The van der Waals surface area contributed by atoms with E-state index in [1.54, 1.807) is 0 Å². The molecule has 0 aliphatic heterocycles. The summed E-state index contributed by atoms with van der Waals surface area (Å²) in [5, 5.41) is 0. The third kappa shape index (κ3) is 6.62. The van der Waals surface area contributed by atoms with E-state index in [1.807, 2.05) is 6.92 Å². The Bertz CT molecular complexity index is 95.8. The standard InChI is InChI=1S/C10H23NO/c1-4-6-9(3)7-10(11)8-12-5-2/h9-10H,4-8,11H2,1-3H3. The molecule has 2 heteroatoms. The molecule has 2 atom stereocenters. The first-order valence-corrected chi connectivity index (χ1v) is 5.04. The predicted octanol–water partition coefficient (Wildman–Crippen LogP) is 2.18. The van der Waals surface area contributed by atoms with Gasteiger partial charge in [-0.3, -0.25) is 0 Å². The third-order valence-corrected chi connectivity index (χ3v) is 2.02. The summed E-state index contributed by atoms with van der Waals surface area (Å²) < 4.78 is 5.25. The van der Waals surface area contributed by atoms with E-state index in [0.717, 1.165) is 18.9 Å². The van der Waals surface area contributed by atoms with Gasteiger partial charge in [0.2, 0.25) is 0 Å². The minimum absolute atomic E-state index is 0.228. The monoisotopic (exact) mass is 173 g/mol. The fourth-order valence-corrected chi connectivity index (χ4v) is 1.46. The van der Waals surface area contributed by atoms with Crippen LogP contribution in [0.1, 0.15) is 40.0 Å². The summed E-state index contributed by atoms with van der Waals surface area (Å²) in [5.41, 5.74) is 5.87. The van der Waals surface area contributed by atoms with Gasteiger partial charge in [-0.1, -0.05) is 26.7 Å². The topological polar surface area (TPSA) is 35.2 Å². The summed E-state index contributed by atoms with van der Waals surface area (Å²) in [7, 11) is 0. The molecule has 0 radical (unpaired) electrons. The molecule has 0 fully saturated rings. The van der Waals surface area contributed by atoms with E-state index in [2.05, 4.69) is 13.8 Å². The maximum absolute atomic E-state index is 5.87. The van der Waals surface area contributed by atoms with Crippen molar-refractivity contribution in [3.63, 3.8) is 0 Å². The fraction of sp³-hybridized carbons (Fsp3) is 1.00. The van der Waals surface area contributed by atoms with Crippen LogP contribution < -0.4 is 5.73 Å². The maximum Gasteiger partial charge on any atom is 0.0617 e. The van der Waals surface area contributed by atoms with Gasteiger partial charge in [0.05, 0.1) is 6.61 Å². The van der Waals surface area contributed by atoms with Crippen LogP contribution in [-0.2, 0) is 4.74 Å². The molecule has 2 N–H and O–H groups in total. The SMILES string of the molecule is CCCC(C)CC(N)COCC. The van der Waals surface area contributed by atoms with Gasteiger partial charge in [0.15, 0.2) is 0 Å². The molecule has 0 saturated carbocycles. The Morgan fingerprint density at radius 1 is 1.33 bits per heavy atom. The van der Waals surface area contributed by atoms with Crippen molar-refractivity contribution in [2.45, 2.75) is 46.1 Å². The van der Waals surface area contributed by atoms with Crippen molar-refractivity contribution in [1.29, 1.82) is 0 Å². The molecule has 0 aliphatic carbocycles. The van der Waals surface area contributed by atoms with Gasteiger partial charge in [-0.2, -0.15) is 0 Å². The molecule has 0 amide bonds. The van der Waals surface area contributed by atoms with Crippen molar-refractivity contribution in [1.82, 2.24) is 0 Å². The highest BCUT2D eigenvalue weighted by molar-refractivity contribution is 4.64. The van der Waals surface area contributed by atoms with Crippen molar-refractivity contribution in [3.8, 4) is 0 Å². The molecule has 0 heterocycles. The minimum atomic E-state index is 0.228. The summed E-state index contributed by atoms with van der Waals surface area (Å²) >= 11 is 0. The zero-order valence-electron chi connectivity index (χ0n) is 8.68. The first-order valence-electron chi connectivity index (χ1n) is 5.04. The summed E-state index contributed by atoms with van der Waals surface area (Å²) in [6, 6.07) is 0.228. The van der Waals surface area contributed by atoms with Gasteiger partial charge >= 0.3 is 0 Å². The van der Waals surface area contributed by atoms with Gasteiger partial charge in [0.1, 0.15) is 0 Å². The molecule has 0 aliphatic rings. The first kappa shape index (κ1) is 11.9. The van der Waals surface area contributed by atoms with E-state index in [1.165, 1.54) is 12.8 Å². The van der Waals surface area contributed by atoms with Crippen molar-refractivity contribution < 1.29 is 4.74 Å². The molecule has 0 aromatic carbocycles. The van der Waals surface area contributed by atoms with Crippen molar-refractivity contribution in [3.05, 3.63) is 0 Å². The van der Waals surface area contributed by atoms with Crippen molar-refractivity contribution >= 4 is 0 Å². The first-order chi connectivity index (χ1) is 5.70. The highest BCUT2D eigenvalue weighted by Gasteiger charge is 2.07. The van der Waals surface area contributed by atoms with Crippen LogP contribution in [0, 0.1) is 5.92 Å². The Balaban J connectivity index is 3.33. The lowest BCUT2D eigenvalue weighted by Gasteiger charge is -2.16. The third-order valence-electron chi connectivity index (χ3n) is 2.02. The second-order valence-corrected chi connectivity index (χ2v) is 3.55. The number of ether oxygens (including phenoxy) is 1. The van der Waals surface area contributed by atoms with E-state index in [0.29, 0.717) is 6.61 Å². The lowest BCUT2D eigenvalue weighted by atomic mass is 9.98. The lowest BCUT2D eigenvalue weighted by Crippen LogP contribution is -2.28. The summed E-state index contributed by atoms with van der Waals surface area (Å²) in [6.45, 7) is 7.96. The minimum Gasteiger partial charge on any atom is -0.380 e. The number of hydrogen-bond donors (Lipinski definition) is 1. The highest BCUT2D eigenvalue weighted by atomic mass is 16.5. The van der Waals surface area contributed by atoms with Gasteiger partial charge in [-0.25, -0.2) is 0 Å². The van der Waals surface area contributed by atoms with Crippen molar-refractivity contribution in [2.75, 3.05) is 13.2 Å². The second-order valence-electron chi connectivity index (χ2n) is 3.55. The van der Waals surface area contributed by atoms with Crippen LogP contribution in [0.4, 0.5) is 0 Å². The molecule has 0 aromatic heterocycles. The number of hydrogen-bond acceptors (Lipinski definition) is 2. The zero-order valence-corrected chi connectivity index (χ0v) is 8.68. The van der Waals surface area contributed by atoms with E-state index >= 15 is 0 Å². The second kappa shape index (κ2) is 7.56. The molecule has 0 saturated heterocycles. The van der Waals surface area contributed by atoms with Gasteiger partial charge in [0.25, 0.3) is 0 Å². The number of nitrogens with two attached hydrogens (primary N) is 1. The van der Waals surface area contributed by atoms with Crippen LogP contribution in [0.5, 0.6) is 0 Å². The molecule has 74 valence electrons. The maximum atomic E-state index is 5.87. The quantitative estimate of drug-likeness (QED) is 0.640. The molecule has 2 nitrogen and oxygen atoms in total. The Kier molecular flexibility index (Phi) is 7.51. The fourth-order valence-electron chi connectivity index (χ4n) is 1.46. The molecule has 0 rings (SSSR count). The van der Waals surface area contributed by atoms with Crippen molar-refractivity contribution in [2.24, 2.45) is 11.7 Å². The van der Waals surface area contributed by atoms with E-state index < -0.39 is 0 Å². The summed E-state index contributed by atoms with van der Waals surface area (Å²) in [5.74, 6) is 0.741. The number of rotatable bonds is 7. The van der Waals surface area contributed by atoms with E-state index in [4.69, 9.17) is 10.5 Å². The van der Waals surface area contributed by atoms with Crippen LogP contribution >= 0.6 is 0 Å². The predicted molar refractivity (Wildman–Crippen MR) is 53.2 cm³/mol. The zero-order chi connectivity index (χ0) is 9.40. The van der Waals surface area contributed by atoms with Crippen LogP contribution in [-0.4, -0.2) is 19.3 Å². The van der Waals surface area contributed by atoms with Crippen LogP contribution in [0.15, 0.2) is 0 Å². The molecule has 12 heavy (non-hydrogen) atoms. The van der Waals surface area contributed by atoms with Crippen LogP contribution in [0.25, 0.3) is 0 Å².